The number of rotatable bonds is 7. The normalized spacial score (nSPS) is 20.7. The standard InChI is InChI=1S/C21H30N2O5/c1-21(27-13-14-28-21)17-9-11-23(12-10-17)20(26)22-18(7-8-19(24)25)15-16-5-3-2-4-6-16/h2-6,17-18H,7-15H2,1H3,(H,22,26)(H,24,25). The van der Waals surface area contributed by atoms with Crippen molar-refractivity contribution < 1.29 is 24.2 Å². The maximum Gasteiger partial charge on any atom is 0.317 e. The monoisotopic (exact) mass is 390 g/mol. The Morgan fingerprint density at radius 2 is 1.86 bits per heavy atom. The van der Waals surface area contributed by atoms with Crippen LogP contribution in [0.5, 0.6) is 0 Å². The Hall–Kier alpha value is -2.12. The number of carbonyl (C=O) groups excluding carboxylic acids is 1. The van der Waals surface area contributed by atoms with Gasteiger partial charge in [0, 0.05) is 31.5 Å². The third kappa shape index (κ3) is 5.45. The number of carbonyl (C=O) groups is 2. The highest BCUT2D eigenvalue weighted by Gasteiger charge is 2.41. The van der Waals surface area contributed by atoms with Crippen molar-refractivity contribution in [2.24, 2.45) is 5.92 Å². The molecular weight excluding hydrogens is 360 g/mol. The van der Waals surface area contributed by atoms with Crippen LogP contribution in [-0.2, 0) is 20.7 Å². The van der Waals surface area contributed by atoms with Gasteiger partial charge < -0.3 is 24.8 Å². The molecule has 1 unspecified atom stereocenters. The van der Waals surface area contributed by atoms with E-state index in [1.54, 1.807) is 0 Å². The second kappa shape index (κ2) is 9.39. The second-order valence-electron chi connectivity index (χ2n) is 7.74. The summed E-state index contributed by atoms with van der Waals surface area (Å²) in [7, 11) is 0. The van der Waals surface area contributed by atoms with Gasteiger partial charge in [-0.3, -0.25) is 4.79 Å². The first-order valence-corrected chi connectivity index (χ1v) is 10.1. The molecule has 1 aromatic carbocycles. The number of hydrogen-bond donors (Lipinski definition) is 2. The predicted molar refractivity (Wildman–Crippen MR) is 104 cm³/mol. The van der Waals surface area contributed by atoms with E-state index < -0.39 is 11.8 Å². The van der Waals surface area contributed by atoms with Crippen molar-refractivity contribution in [3.63, 3.8) is 0 Å². The van der Waals surface area contributed by atoms with E-state index in [1.807, 2.05) is 42.2 Å². The van der Waals surface area contributed by atoms with Crippen LogP contribution in [0.4, 0.5) is 4.79 Å². The van der Waals surface area contributed by atoms with Gasteiger partial charge in [0.2, 0.25) is 0 Å². The molecule has 0 aromatic heterocycles. The molecule has 1 atom stereocenters. The van der Waals surface area contributed by atoms with E-state index in [4.69, 9.17) is 14.6 Å². The van der Waals surface area contributed by atoms with Crippen LogP contribution in [-0.4, -0.2) is 60.1 Å². The van der Waals surface area contributed by atoms with Gasteiger partial charge in [0.05, 0.1) is 13.2 Å². The van der Waals surface area contributed by atoms with Gasteiger partial charge in [-0.05, 0) is 38.2 Å². The quantitative estimate of drug-likeness (QED) is 0.747. The highest BCUT2D eigenvalue weighted by molar-refractivity contribution is 5.75. The number of urea groups is 1. The molecule has 0 aliphatic carbocycles. The number of nitrogens with zero attached hydrogens (tertiary/aromatic N) is 1. The fourth-order valence-corrected chi connectivity index (χ4v) is 4.06. The lowest BCUT2D eigenvalue weighted by atomic mass is 9.89. The molecule has 7 heteroatoms. The maximum atomic E-state index is 12.8. The van der Waals surface area contributed by atoms with Crippen LogP contribution in [0.25, 0.3) is 0 Å². The lowest BCUT2D eigenvalue weighted by Gasteiger charge is -2.39. The Morgan fingerprint density at radius 3 is 2.46 bits per heavy atom. The third-order valence-electron chi connectivity index (χ3n) is 5.74. The Kier molecular flexibility index (Phi) is 6.91. The van der Waals surface area contributed by atoms with Crippen LogP contribution < -0.4 is 5.32 Å². The molecule has 0 spiro atoms. The molecule has 2 heterocycles. The molecule has 2 aliphatic heterocycles. The minimum absolute atomic E-state index is 0.0346. The Balaban J connectivity index is 1.53. The number of aliphatic carboxylic acids is 1. The molecule has 2 saturated heterocycles. The number of likely N-dealkylation sites (tertiary alicyclic amines) is 1. The average Bonchev–Trinajstić information content (AvgIpc) is 3.15. The summed E-state index contributed by atoms with van der Waals surface area (Å²) in [4.78, 5) is 25.6. The van der Waals surface area contributed by atoms with E-state index in [9.17, 15) is 9.59 Å². The summed E-state index contributed by atoms with van der Waals surface area (Å²) >= 11 is 0. The van der Waals surface area contributed by atoms with Gasteiger partial charge in [-0.15, -0.1) is 0 Å². The summed E-state index contributed by atoms with van der Waals surface area (Å²) in [6.07, 6.45) is 2.74. The number of hydrogen-bond acceptors (Lipinski definition) is 4. The molecular formula is C21H30N2O5. The summed E-state index contributed by atoms with van der Waals surface area (Å²) in [5, 5.41) is 12.1. The maximum absolute atomic E-state index is 12.8. The first-order chi connectivity index (χ1) is 13.5. The van der Waals surface area contributed by atoms with Gasteiger partial charge in [0.1, 0.15) is 0 Å². The fourth-order valence-electron chi connectivity index (χ4n) is 4.06. The summed E-state index contributed by atoms with van der Waals surface area (Å²) < 4.78 is 11.5. The summed E-state index contributed by atoms with van der Waals surface area (Å²) in [6, 6.07) is 9.50. The number of piperidine rings is 1. The van der Waals surface area contributed by atoms with Crippen molar-refractivity contribution in [1.29, 1.82) is 0 Å². The Labute approximate surface area is 166 Å². The zero-order valence-corrected chi connectivity index (χ0v) is 16.4. The Bertz CT molecular complexity index is 652. The number of amides is 2. The molecule has 2 aliphatic rings. The highest BCUT2D eigenvalue weighted by atomic mass is 16.7. The molecule has 7 nitrogen and oxygen atoms in total. The third-order valence-corrected chi connectivity index (χ3v) is 5.74. The number of ether oxygens (including phenoxy) is 2. The van der Waals surface area contributed by atoms with Gasteiger partial charge in [0.15, 0.2) is 5.79 Å². The van der Waals surface area contributed by atoms with Crippen LogP contribution in [0.2, 0.25) is 0 Å². The first-order valence-electron chi connectivity index (χ1n) is 10.1. The SMILES string of the molecule is CC1(C2CCN(C(=O)NC(CCC(=O)O)Cc3ccccc3)CC2)OCCO1. The van der Waals surface area contributed by atoms with Gasteiger partial charge >= 0.3 is 12.0 Å². The van der Waals surface area contributed by atoms with E-state index in [0.29, 0.717) is 39.1 Å². The van der Waals surface area contributed by atoms with Gasteiger partial charge in [-0.2, -0.15) is 0 Å². The van der Waals surface area contributed by atoms with Crippen LogP contribution in [0.15, 0.2) is 30.3 Å². The van der Waals surface area contributed by atoms with Crippen molar-refractivity contribution >= 4 is 12.0 Å². The molecule has 28 heavy (non-hydrogen) atoms. The molecule has 3 rings (SSSR count). The zero-order chi connectivity index (χ0) is 20.0. The minimum atomic E-state index is -0.849. The lowest BCUT2D eigenvalue weighted by molar-refractivity contribution is -0.189. The summed E-state index contributed by atoms with van der Waals surface area (Å²) in [5.41, 5.74) is 1.08. The van der Waals surface area contributed by atoms with Gasteiger partial charge in [-0.25, -0.2) is 4.79 Å². The second-order valence-corrected chi connectivity index (χ2v) is 7.74. The van der Waals surface area contributed by atoms with E-state index in [1.165, 1.54) is 0 Å². The highest BCUT2D eigenvalue weighted by Crippen LogP contribution is 2.34. The van der Waals surface area contributed by atoms with Crippen molar-refractivity contribution in [2.45, 2.75) is 50.9 Å². The zero-order valence-electron chi connectivity index (χ0n) is 16.4. The predicted octanol–water partition coefficient (Wildman–Crippen LogP) is 2.65. The van der Waals surface area contributed by atoms with E-state index in [-0.39, 0.29) is 24.4 Å². The minimum Gasteiger partial charge on any atom is -0.481 e. The summed E-state index contributed by atoms with van der Waals surface area (Å²) in [5.74, 6) is -1.09. The molecule has 0 saturated carbocycles. The van der Waals surface area contributed by atoms with Crippen LogP contribution >= 0.6 is 0 Å². The smallest absolute Gasteiger partial charge is 0.317 e. The average molecular weight is 390 g/mol. The van der Waals surface area contributed by atoms with Crippen LogP contribution in [0.1, 0.15) is 38.2 Å². The van der Waals surface area contributed by atoms with Crippen molar-refractivity contribution in [3.05, 3.63) is 35.9 Å². The van der Waals surface area contributed by atoms with Crippen molar-refractivity contribution in [1.82, 2.24) is 10.2 Å². The fraction of sp³-hybridized carbons (Fsp3) is 0.619. The number of carboxylic acid groups (broad SMARTS) is 1. The molecule has 0 radical (unpaired) electrons. The van der Waals surface area contributed by atoms with Gasteiger partial charge in [0.25, 0.3) is 0 Å². The number of carboxylic acids is 1. The topological polar surface area (TPSA) is 88.1 Å². The van der Waals surface area contributed by atoms with Crippen molar-refractivity contribution in [3.8, 4) is 0 Å². The van der Waals surface area contributed by atoms with Crippen molar-refractivity contribution in [2.75, 3.05) is 26.3 Å². The number of benzene rings is 1. The van der Waals surface area contributed by atoms with Crippen LogP contribution in [0.3, 0.4) is 0 Å². The lowest BCUT2D eigenvalue weighted by Crippen LogP contribution is -2.51. The molecule has 2 fully saturated rings. The largest absolute Gasteiger partial charge is 0.481 e. The molecule has 1 aromatic rings. The molecule has 2 amide bonds. The number of nitrogens with one attached hydrogen (secondary N) is 1. The molecule has 2 N–H and O–H groups in total. The van der Waals surface area contributed by atoms with E-state index in [0.717, 1.165) is 18.4 Å². The van der Waals surface area contributed by atoms with Crippen LogP contribution in [0, 0.1) is 5.92 Å². The Morgan fingerprint density at radius 1 is 1.21 bits per heavy atom. The first kappa shape index (κ1) is 20.6. The molecule has 0 bridgehead atoms. The summed E-state index contributed by atoms with van der Waals surface area (Å²) in [6.45, 7) is 4.54. The van der Waals surface area contributed by atoms with E-state index in [2.05, 4.69) is 5.32 Å². The molecule has 154 valence electrons. The van der Waals surface area contributed by atoms with Gasteiger partial charge in [-0.1, -0.05) is 30.3 Å². The van der Waals surface area contributed by atoms with E-state index >= 15 is 0 Å².